The van der Waals surface area contributed by atoms with Gasteiger partial charge in [-0.1, -0.05) is 6.42 Å². The van der Waals surface area contributed by atoms with Crippen LogP contribution in [0, 0.1) is 13.8 Å². The van der Waals surface area contributed by atoms with Gasteiger partial charge in [-0.2, -0.15) is 0 Å². The summed E-state index contributed by atoms with van der Waals surface area (Å²) in [5.74, 6) is 0.692. The van der Waals surface area contributed by atoms with E-state index < -0.39 is 0 Å². The maximum absolute atomic E-state index is 6.03. The molecule has 1 aliphatic carbocycles. The number of nitrogens with zero attached hydrogens (tertiary/aromatic N) is 2. The Labute approximate surface area is 103 Å². The molecule has 2 atom stereocenters. The number of ether oxygens (including phenoxy) is 1. The van der Waals surface area contributed by atoms with Gasteiger partial charge in [-0.3, -0.25) is 4.98 Å². The zero-order valence-electron chi connectivity index (χ0n) is 10.9. The van der Waals surface area contributed by atoms with E-state index in [0.29, 0.717) is 11.9 Å². The average molecular weight is 235 g/mol. The van der Waals surface area contributed by atoms with Crippen molar-refractivity contribution in [2.45, 2.75) is 51.7 Å². The number of aryl methyl sites for hydroxylation is 2. The highest BCUT2D eigenvalue weighted by atomic mass is 16.5. The second-order valence-corrected chi connectivity index (χ2v) is 4.74. The van der Waals surface area contributed by atoms with E-state index in [1.165, 1.54) is 19.3 Å². The van der Waals surface area contributed by atoms with Crippen molar-refractivity contribution >= 4 is 0 Å². The summed E-state index contributed by atoms with van der Waals surface area (Å²) in [6.45, 7) is 3.88. The first-order valence-corrected chi connectivity index (χ1v) is 6.35. The third-order valence-corrected chi connectivity index (χ3v) is 3.37. The summed E-state index contributed by atoms with van der Waals surface area (Å²) in [6.07, 6.45) is 6.80. The number of nitrogens with one attached hydrogen (secondary N) is 1. The molecule has 94 valence electrons. The zero-order chi connectivity index (χ0) is 12.3. The Kier molecular flexibility index (Phi) is 3.94. The lowest BCUT2D eigenvalue weighted by atomic mass is 9.92. The smallest absolute Gasteiger partial charge is 0.235 e. The molecule has 1 saturated carbocycles. The number of hydrogen-bond acceptors (Lipinski definition) is 4. The molecule has 0 saturated heterocycles. The van der Waals surface area contributed by atoms with Crippen LogP contribution in [0.15, 0.2) is 6.20 Å². The van der Waals surface area contributed by atoms with Crippen LogP contribution in [0.1, 0.15) is 37.1 Å². The predicted octanol–water partition coefficient (Wildman–Crippen LogP) is 2.00. The zero-order valence-corrected chi connectivity index (χ0v) is 10.9. The third-order valence-electron chi connectivity index (χ3n) is 3.37. The van der Waals surface area contributed by atoms with Gasteiger partial charge in [-0.25, -0.2) is 4.98 Å². The van der Waals surface area contributed by atoms with Gasteiger partial charge in [0.2, 0.25) is 5.88 Å². The van der Waals surface area contributed by atoms with Gasteiger partial charge in [-0.05, 0) is 40.2 Å². The highest BCUT2D eigenvalue weighted by molar-refractivity contribution is 5.18. The maximum atomic E-state index is 6.03. The fourth-order valence-electron chi connectivity index (χ4n) is 2.34. The highest BCUT2D eigenvalue weighted by Crippen LogP contribution is 2.24. The summed E-state index contributed by atoms with van der Waals surface area (Å²) in [5, 5.41) is 3.34. The lowest BCUT2D eigenvalue weighted by molar-refractivity contribution is 0.111. The van der Waals surface area contributed by atoms with E-state index >= 15 is 0 Å². The van der Waals surface area contributed by atoms with Crippen molar-refractivity contribution in [3.63, 3.8) is 0 Å². The maximum Gasteiger partial charge on any atom is 0.235 e. The fourth-order valence-corrected chi connectivity index (χ4v) is 2.34. The van der Waals surface area contributed by atoms with Crippen LogP contribution < -0.4 is 10.1 Å². The van der Waals surface area contributed by atoms with Gasteiger partial charge in [0, 0.05) is 12.2 Å². The van der Waals surface area contributed by atoms with E-state index in [1.54, 1.807) is 6.20 Å². The summed E-state index contributed by atoms with van der Waals surface area (Å²) in [5.41, 5.74) is 1.78. The van der Waals surface area contributed by atoms with Crippen LogP contribution in [0.5, 0.6) is 5.88 Å². The largest absolute Gasteiger partial charge is 0.471 e. The lowest BCUT2D eigenvalue weighted by Crippen LogP contribution is -2.43. The molecular weight excluding hydrogens is 214 g/mol. The molecule has 0 bridgehead atoms. The molecule has 1 heterocycles. The highest BCUT2D eigenvalue weighted by Gasteiger charge is 2.26. The summed E-state index contributed by atoms with van der Waals surface area (Å²) in [4.78, 5) is 8.71. The van der Waals surface area contributed by atoms with Gasteiger partial charge >= 0.3 is 0 Å². The Hall–Kier alpha value is -1.16. The minimum absolute atomic E-state index is 0.226. The Balaban J connectivity index is 2.10. The Bertz CT molecular complexity index is 381. The molecule has 1 aromatic rings. The van der Waals surface area contributed by atoms with Gasteiger partial charge < -0.3 is 10.1 Å². The van der Waals surface area contributed by atoms with E-state index in [2.05, 4.69) is 15.3 Å². The molecule has 2 unspecified atom stereocenters. The van der Waals surface area contributed by atoms with Gasteiger partial charge in [0.05, 0.1) is 11.4 Å². The number of likely N-dealkylation sites (N-methyl/N-ethyl adjacent to an activating group) is 1. The summed E-state index contributed by atoms with van der Waals surface area (Å²) in [7, 11) is 2.00. The van der Waals surface area contributed by atoms with Crippen LogP contribution in [-0.2, 0) is 0 Å². The second kappa shape index (κ2) is 5.45. The van der Waals surface area contributed by atoms with Crippen LogP contribution in [0.25, 0.3) is 0 Å². The second-order valence-electron chi connectivity index (χ2n) is 4.74. The molecule has 0 spiro atoms. The minimum atomic E-state index is 0.226. The van der Waals surface area contributed by atoms with Gasteiger partial charge in [0.25, 0.3) is 0 Å². The quantitative estimate of drug-likeness (QED) is 0.870. The van der Waals surface area contributed by atoms with E-state index in [9.17, 15) is 0 Å². The fraction of sp³-hybridized carbons (Fsp3) is 0.692. The van der Waals surface area contributed by atoms with Crippen LogP contribution in [-0.4, -0.2) is 29.2 Å². The van der Waals surface area contributed by atoms with Crippen molar-refractivity contribution < 1.29 is 4.74 Å². The van der Waals surface area contributed by atoms with Gasteiger partial charge in [-0.15, -0.1) is 0 Å². The molecule has 1 N–H and O–H groups in total. The SMILES string of the molecule is CNC1CCCCC1Oc1nc(C)cnc1C. The molecule has 0 radical (unpaired) electrons. The Morgan fingerprint density at radius 3 is 2.82 bits per heavy atom. The van der Waals surface area contributed by atoms with Gasteiger partial charge in [0.1, 0.15) is 6.10 Å². The van der Waals surface area contributed by atoms with Crippen molar-refractivity contribution in [2.24, 2.45) is 0 Å². The average Bonchev–Trinajstić information content (AvgIpc) is 2.34. The predicted molar refractivity (Wildman–Crippen MR) is 67.2 cm³/mol. The summed E-state index contributed by atoms with van der Waals surface area (Å²) < 4.78 is 6.03. The number of aromatic nitrogens is 2. The molecular formula is C13H21N3O. The molecule has 0 amide bonds. The van der Waals surface area contributed by atoms with Crippen molar-refractivity contribution in [1.82, 2.24) is 15.3 Å². The van der Waals surface area contributed by atoms with Crippen LogP contribution >= 0.6 is 0 Å². The molecule has 1 fully saturated rings. The van der Waals surface area contributed by atoms with Crippen LogP contribution in [0.4, 0.5) is 0 Å². The standard InChI is InChI=1S/C13H21N3O/c1-9-8-15-10(2)13(16-9)17-12-7-5-4-6-11(12)14-3/h8,11-12,14H,4-7H2,1-3H3. The minimum Gasteiger partial charge on any atom is -0.471 e. The van der Waals surface area contributed by atoms with E-state index in [4.69, 9.17) is 4.74 Å². The first-order valence-electron chi connectivity index (χ1n) is 6.35. The lowest BCUT2D eigenvalue weighted by Gasteiger charge is -2.31. The molecule has 1 aromatic heterocycles. The molecule has 17 heavy (non-hydrogen) atoms. The van der Waals surface area contributed by atoms with Crippen LogP contribution in [0.2, 0.25) is 0 Å². The van der Waals surface area contributed by atoms with Crippen molar-refractivity contribution in [1.29, 1.82) is 0 Å². The van der Waals surface area contributed by atoms with Gasteiger partial charge in [0.15, 0.2) is 0 Å². The van der Waals surface area contributed by atoms with E-state index in [0.717, 1.165) is 17.8 Å². The van der Waals surface area contributed by atoms with Crippen molar-refractivity contribution in [3.8, 4) is 5.88 Å². The molecule has 4 nitrogen and oxygen atoms in total. The Morgan fingerprint density at radius 1 is 1.29 bits per heavy atom. The van der Waals surface area contributed by atoms with E-state index in [1.807, 2.05) is 20.9 Å². The Morgan fingerprint density at radius 2 is 2.06 bits per heavy atom. The van der Waals surface area contributed by atoms with Crippen molar-refractivity contribution in [3.05, 3.63) is 17.6 Å². The molecule has 0 aromatic carbocycles. The molecule has 4 heteroatoms. The molecule has 0 aliphatic heterocycles. The van der Waals surface area contributed by atoms with Crippen LogP contribution in [0.3, 0.4) is 0 Å². The first-order chi connectivity index (χ1) is 8.20. The normalized spacial score (nSPS) is 24.6. The summed E-state index contributed by atoms with van der Waals surface area (Å²) in [6, 6.07) is 0.436. The third kappa shape index (κ3) is 2.94. The number of hydrogen-bond donors (Lipinski definition) is 1. The first kappa shape index (κ1) is 12.3. The number of rotatable bonds is 3. The molecule has 2 rings (SSSR count). The van der Waals surface area contributed by atoms with Crippen molar-refractivity contribution in [2.75, 3.05) is 7.05 Å². The monoisotopic (exact) mass is 235 g/mol. The van der Waals surface area contributed by atoms with E-state index in [-0.39, 0.29) is 6.10 Å². The summed E-state index contributed by atoms with van der Waals surface area (Å²) >= 11 is 0. The topological polar surface area (TPSA) is 47.0 Å². The molecule has 1 aliphatic rings.